The van der Waals surface area contributed by atoms with Crippen molar-refractivity contribution in [3.8, 4) is 0 Å². The number of aryl methyl sites for hydroxylation is 2. The van der Waals surface area contributed by atoms with Crippen LogP contribution < -0.4 is 10.2 Å². The third-order valence-corrected chi connectivity index (χ3v) is 8.14. The number of hydrogen-bond acceptors (Lipinski definition) is 4. The summed E-state index contributed by atoms with van der Waals surface area (Å²) in [6.07, 6.45) is 2.49. The monoisotopic (exact) mass is 449 g/mol. The van der Waals surface area contributed by atoms with E-state index in [2.05, 4.69) is 17.1 Å². The molecule has 4 heterocycles. The number of carbonyl (C=O) groups is 3. The van der Waals surface area contributed by atoms with E-state index in [0.717, 1.165) is 41.6 Å². The second-order valence-electron chi connectivity index (χ2n) is 9.26. The molecule has 4 aliphatic heterocycles. The maximum Gasteiger partial charge on any atom is 0.250 e. The van der Waals surface area contributed by atoms with Crippen LogP contribution in [0.5, 0.6) is 0 Å². The minimum absolute atomic E-state index is 0.122. The van der Waals surface area contributed by atoms with E-state index in [-0.39, 0.29) is 23.8 Å². The quantitative estimate of drug-likeness (QED) is 0.710. The van der Waals surface area contributed by atoms with E-state index in [1.807, 2.05) is 31.2 Å². The van der Waals surface area contributed by atoms with Crippen LogP contribution in [0.3, 0.4) is 0 Å². The molecule has 4 aliphatic rings. The Bertz CT molecular complexity index is 1210. The molecule has 6 nitrogen and oxygen atoms in total. The Balaban J connectivity index is 1.57. The Hall–Kier alpha value is -2.70. The van der Waals surface area contributed by atoms with Crippen molar-refractivity contribution in [1.29, 1.82) is 0 Å². The zero-order valence-electron chi connectivity index (χ0n) is 18.0. The van der Waals surface area contributed by atoms with Gasteiger partial charge in [0.1, 0.15) is 5.54 Å². The van der Waals surface area contributed by atoms with Gasteiger partial charge >= 0.3 is 0 Å². The highest BCUT2D eigenvalue weighted by Gasteiger charge is 2.74. The molecule has 1 N–H and O–H groups in total. The normalized spacial score (nSPS) is 30.8. The van der Waals surface area contributed by atoms with Gasteiger partial charge in [0.05, 0.1) is 17.5 Å². The van der Waals surface area contributed by atoms with Crippen LogP contribution >= 0.6 is 11.6 Å². The van der Waals surface area contributed by atoms with E-state index < -0.39 is 17.4 Å². The SMILES string of the molecule is CCc1cccc2c1NC(=O)[C@@]21[C@@H]2C(=O)N(c3cc(Cl)ccc3C)C(=O)[C@@H]2[C@H]2CCCN21. The number of benzene rings is 2. The molecule has 6 rings (SSSR count). The van der Waals surface area contributed by atoms with Crippen LogP contribution in [0.2, 0.25) is 5.02 Å². The highest BCUT2D eigenvalue weighted by Crippen LogP contribution is 2.61. The first kappa shape index (κ1) is 19.9. The van der Waals surface area contributed by atoms with Crippen molar-refractivity contribution in [1.82, 2.24) is 4.90 Å². The molecule has 3 fully saturated rings. The third kappa shape index (κ3) is 2.22. The first-order valence-corrected chi connectivity index (χ1v) is 11.6. The van der Waals surface area contributed by atoms with E-state index >= 15 is 0 Å². The Morgan fingerprint density at radius 3 is 2.75 bits per heavy atom. The van der Waals surface area contributed by atoms with Crippen molar-refractivity contribution in [2.24, 2.45) is 11.8 Å². The number of hydrogen-bond donors (Lipinski definition) is 1. The lowest BCUT2D eigenvalue weighted by Gasteiger charge is -2.36. The van der Waals surface area contributed by atoms with E-state index in [1.54, 1.807) is 12.1 Å². The molecule has 2 aromatic carbocycles. The topological polar surface area (TPSA) is 69.7 Å². The number of amides is 3. The van der Waals surface area contributed by atoms with Gasteiger partial charge in [-0.25, -0.2) is 4.90 Å². The van der Waals surface area contributed by atoms with Crippen LogP contribution in [0.15, 0.2) is 36.4 Å². The lowest BCUT2D eigenvalue weighted by Crippen LogP contribution is -2.54. The highest BCUT2D eigenvalue weighted by molar-refractivity contribution is 6.32. The second-order valence-corrected chi connectivity index (χ2v) is 9.70. The summed E-state index contributed by atoms with van der Waals surface area (Å²) in [5, 5.41) is 3.57. The average molecular weight is 450 g/mol. The number of imide groups is 1. The fourth-order valence-electron chi connectivity index (χ4n) is 6.65. The van der Waals surface area contributed by atoms with E-state index in [0.29, 0.717) is 17.3 Å². The summed E-state index contributed by atoms with van der Waals surface area (Å²) in [4.78, 5) is 45.0. The highest BCUT2D eigenvalue weighted by atomic mass is 35.5. The predicted molar refractivity (Wildman–Crippen MR) is 122 cm³/mol. The third-order valence-electron chi connectivity index (χ3n) is 7.91. The average Bonchev–Trinajstić information content (AvgIpc) is 3.48. The first-order valence-electron chi connectivity index (χ1n) is 11.3. The van der Waals surface area contributed by atoms with Crippen molar-refractivity contribution in [2.75, 3.05) is 16.8 Å². The van der Waals surface area contributed by atoms with Crippen molar-refractivity contribution >= 4 is 40.7 Å². The van der Waals surface area contributed by atoms with Gasteiger partial charge in [-0.15, -0.1) is 0 Å². The molecule has 3 saturated heterocycles. The molecule has 0 aromatic heterocycles. The molecule has 0 bridgehead atoms. The first-order chi connectivity index (χ1) is 15.4. The molecular weight excluding hydrogens is 426 g/mol. The van der Waals surface area contributed by atoms with Gasteiger partial charge in [-0.3, -0.25) is 19.3 Å². The van der Waals surface area contributed by atoms with Crippen LogP contribution in [0.4, 0.5) is 11.4 Å². The smallest absolute Gasteiger partial charge is 0.250 e. The Morgan fingerprint density at radius 2 is 1.97 bits per heavy atom. The number of nitrogens with zero attached hydrogens (tertiary/aromatic N) is 2. The van der Waals surface area contributed by atoms with Crippen LogP contribution in [0.1, 0.15) is 36.5 Å². The Labute approximate surface area is 191 Å². The minimum atomic E-state index is -1.14. The van der Waals surface area contributed by atoms with E-state index in [1.165, 1.54) is 4.90 Å². The number of fused-ring (bicyclic) bond motifs is 7. The zero-order chi connectivity index (χ0) is 22.4. The van der Waals surface area contributed by atoms with Crippen LogP contribution in [0.25, 0.3) is 0 Å². The predicted octanol–water partition coefficient (Wildman–Crippen LogP) is 3.64. The van der Waals surface area contributed by atoms with Gasteiger partial charge in [0.2, 0.25) is 17.7 Å². The maximum atomic E-state index is 14.0. The summed E-state index contributed by atoms with van der Waals surface area (Å²) in [6.45, 7) is 4.62. The fraction of sp³-hybridized carbons (Fsp3) is 0.400. The number of carbonyl (C=O) groups excluding carboxylic acids is 3. The standard InChI is InChI=1S/C25H24ClN3O3/c1-3-14-6-4-7-16-21(14)27-24(32)25(16)20-19(17-8-5-11-28(17)25)22(30)29(23(20)31)18-12-15(26)10-9-13(18)2/h4,6-7,9-10,12,17,19-20H,3,5,8,11H2,1-2H3,(H,27,32)/t17-,19-,20+,25+/m1/s1. The van der Waals surface area contributed by atoms with Gasteiger partial charge in [0.15, 0.2) is 0 Å². The van der Waals surface area contributed by atoms with Gasteiger partial charge < -0.3 is 5.32 Å². The van der Waals surface area contributed by atoms with Gasteiger partial charge in [-0.05, 0) is 56.0 Å². The Kier molecular flexibility index (Phi) is 4.15. The summed E-state index contributed by atoms with van der Waals surface area (Å²) >= 11 is 6.22. The number of para-hydroxylation sites is 1. The fourth-order valence-corrected chi connectivity index (χ4v) is 6.81. The van der Waals surface area contributed by atoms with Crippen LogP contribution in [-0.2, 0) is 26.3 Å². The summed E-state index contributed by atoms with van der Waals surface area (Å²) in [5.74, 6) is -1.98. The summed E-state index contributed by atoms with van der Waals surface area (Å²) in [5.41, 5.74) is 2.88. The number of anilines is 2. The van der Waals surface area contributed by atoms with Gasteiger partial charge in [0, 0.05) is 22.3 Å². The molecule has 32 heavy (non-hydrogen) atoms. The largest absolute Gasteiger partial charge is 0.324 e. The second kappa shape index (κ2) is 6.65. The molecule has 0 unspecified atom stereocenters. The molecular formula is C25H24ClN3O3. The molecule has 1 spiro atoms. The van der Waals surface area contributed by atoms with Gasteiger partial charge in [-0.2, -0.15) is 0 Å². The van der Waals surface area contributed by atoms with Crippen molar-refractivity contribution in [3.63, 3.8) is 0 Å². The van der Waals surface area contributed by atoms with Gasteiger partial charge in [0.25, 0.3) is 0 Å². The van der Waals surface area contributed by atoms with Crippen molar-refractivity contribution < 1.29 is 14.4 Å². The zero-order valence-corrected chi connectivity index (χ0v) is 18.8. The molecule has 4 atom stereocenters. The molecule has 3 amide bonds. The van der Waals surface area contributed by atoms with Crippen molar-refractivity contribution in [2.45, 2.75) is 44.7 Å². The lowest BCUT2D eigenvalue weighted by molar-refractivity contribution is -0.135. The summed E-state index contributed by atoms with van der Waals surface area (Å²) in [6, 6.07) is 11.0. The molecule has 2 aromatic rings. The van der Waals surface area contributed by atoms with Crippen LogP contribution in [-0.4, -0.2) is 35.2 Å². The summed E-state index contributed by atoms with van der Waals surface area (Å²) in [7, 11) is 0. The number of nitrogens with one attached hydrogen (secondary N) is 1. The molecule has 0 saturated carbocycles. The van der Waals surface area contributed by atoms with Crippen LogP contribution in [0, 0.1) is 18.8 Å². The molecule has 7 heteroatoms. The van der Waals surface area contributed by atoms with Gasteiger partial charge in [-0.1, -0.05) is 42.8 Å². The number of halogens is 1. The number of rotatable bonds is 2. The maximum absolute atomic E-state index is 14.0. The lowest BCUT2D eigenvalue weighted by atomic mass is 9.75. The Morgan fingerprint density at radius 1 is 1.16 bits per heavy atom. The molecule has 0 aliphatic carbocycles. The molecule has 0 radical (unpaired) electrons. The summed E-state index contributed by atoms with van der Waals surface area (Å²) < 4.78 is 0. The van der Waals surface area contributed by atoms with E-state index in [9.17, 15) is 14.4 Å². The van der Waals surface area contributed by atoms with Crippen molar-refractivity contribution in [3.05, 3.63) is 58.1 Å². The van der Waals surface area contributed by atoms with E-state index in [4.69, 9.17) is 11.6 Å². The molecule has 164 valence electrons. The minimum Gasteiger partial charge on any atom is -0.324 e.